The van der Waals surface area contributed by atoms with E-state index in [1.54, 1.807) is 14.2 Å². The summed E-state index contributed by atoms with van der Waals surface area (Å²) >= 11 is 0. The largest absolute Gasteiger partial charge is 0.481 e. The second-order valence-corrected chi connectivity index (χ2v) is 4.76. The van der Waals surface area contributed by atoms with Crippen LogP contribution in [0.1, 0.15) is 30.5 Å². The predicted molar refractivity (Wildman–Crippen MR) is 70.8 cm³/mol. The first-order chi connectivity index (χ1) is 8.81. The van der Waals surface area contributed by atoms with Crippen LogP contribution < -0.4 is 10.1 Å². The first-order valence-corrected chi connectivity index (χ1v) is 6.58. The Morgan fingerprint density at radius 1 is 1.33 bits per heavy atom. The van der Waals surface area contributed by atoms with Gasteiger partial charge in [0.1, 0.15) is 0 Å². The van der Waals surface area contributed by atoms with Gasteiger partial charge in [0.05, 0.1) is 7.11 Å². The molecule has 0 bridgehead atoms. The van der Waals surface area contributed by atoms with Gasteiger partial charge in [0.15, 0.2) is 0 Å². The number of hydrogen-bond acceptors (Lipinski definition) is 4. The molecule has 1 aliphatic rings. The summed E-state index contributed by atoms with van der Waals surface area (Å²) in [7, 11) is 3.39. The Hall–Kier alpha value is -1.13. The Kier molecular flexibility index (Phi) is 4.96. The van der Waals surface area contributed by atoms with Crippen LogP contribution in [-0.2, 0) is 17.7 Å². The molecule has 0 amide bonds. The van der Waals surface area contributed by atoms with Gasteiger partial charge in [0.2, 0.25) is 5.88 Å². The number of aromatic nitrogens is 1. The van der Waals surface area contributed by atoms with Gasteiger partial charge in [-0.1, -0.05) is 0 Å². The maximum absolute atomic E-state index is 5.25. The minimum atomic E-state index is 0.706. The standard InChI is InChI=1S/C14H22N2O2/c1-17-7-3-4-13-8-11(9-14(16-13)18-2)10-15-12-5-6-12/h8-9,12,15H,3-7,10H2,1-2H3. The third kappa shape index (κ3) is 4.27. The molecule has 1 N–H and O–H groups in total. The fourth-order valence-corrected chi connectivity index (χ4v) is 1.90. The number of aryl methyl sites for hydroxylation is 1. The number of rotatable bonds is 8. The highest BCUT2D eigenvalue weighted by atomic mass is 16.5. The lowest BCUT2D eigenvalue weighted by Crippen LogP contribution is -2.15. The molecule has 0 spiro atoms. The van der Waals surface area contributed by atoms with E-state index in [1.807, 2.05) is 6.07 Å². The van der Waals surface area contributed by atoms with Crippen LogP contribution in [0, 0.1) is 0 Å². The summed E-state index contributed by atoms with van der Waals surface area (Å²) in [6, 6.07) is 4.89. The predicted octanol–water partition coefficient (Wildman–Crippen LogP) is 1.92. The van der Waals surface area contributed by atoms with Gasteiger partial charge in [-0.15, -0.1) is 0 Å². The number of nitrogens with zero attached hydrogens (tertiary/aromatic N) is 1. The average molecular weight is 250 g/mol. The van der Waals surface area contributed by atoms with Gasteiger partial charge >= 0.3 is 0 Å². The minimum absolute atomic E-state index is 0.706. The van der Waals surface area contributed by atoms with Crippen LogP contribution in [0.4, 0.5) is 0 Å². The van der Waals surface area contributed by atoms with Crippen LogP contribution in [0.5, 0.6) is 5.88 Å². The Balaban J connectivity index is 1.95. The van der Waals surface area contributed by atoms with Gasteiger partial charge in [-0.2, -0.15) is 0 Å². The monoisotopic (exact) mass is 250 g/mol. The number of nitrogens with one attached hydrogen (secondary N) is 1. The molecule has 1 saturated carbocycles. The molecule has 4 heteroatoms. The Morgan fingerprint density at radius 2 is 2.17 bits per heavy atom. The van der Waals surface area contributed by atoms with Gasteiger partial charge in [-0.05, 0) is 37.3 Å². The van der Waals surface area contributed by atoms with Gasteiger partial charge in [0.25, 0.3) is 0 Å². The molecule has 0 aliphatic heterocycles. The molecule has 0 saturated heterocycles. The van der Waals surface area contributed by atoms with E-state index >= 15 is 0 Å². The fraction of sp³-hybridized carbons (Fsp3) is 0.643. The summed E-state index contributed by atoms with van der Waals surface area (Å²) < 4.78 is 10.3. The van der Waals surface area contributed by atoms with Crippen LogP contribution in [-0.4, -0.2) is 31.9 Å². The van der Waals surface area contributed by atoms with Crippen molar-refractivity contribution in [2.45, 2.75) is 38.3 Å². The maximum Gasteiger partial charge on any atom is 0.213 e. The molecule has 0 atom stereocenters. The highest BCUT2D eigenvalue weighted by Crippen LogP contribution is 2.20. The maximum atomic E-state index is 5.25. The molecule has 4 nitrogen and oxygen atoms in total. The number of methoxy groups -OCH3 is 2. The molecule has 0 radical (unpaired) electrons. The van der Waals surface area contributed by atoms with E-state index in [0.717, 1.165) is 37.7 Å². The van der Waals surface area contributed by atoms with Crippen molar-refractivity contribution in [2.24, 2.45) is 0 Å². The highest BCUT2D eigenvalue weighted by Gasteiger charge is 2.20. The second-order valence-electron chi connectivity index (χ2n) is 4.76. The van der Waals surface area contributed by atoms with Gasteiger partial charge in [0, 0.05) is 38.1 Å². The lowest BCUT2D eigenvalue weighted by atomic mass is 10.1. The van der Waals surface area contributed by atoms with E-state index in [4.69, 9.17) is 9.47 Å². The molecular weight excluding hydrogens is 228 g/mol. The quantitative estimate of drug-likeness (QED) is 0.716. The van der Waals surface area contributed by atoms with Crippen molar-refractivity contribution in [3.05, 3.63) is 23.4 Å². The van der Waals surface area contributed by atoms with Crippen molar-refractivity contribution in [3.63, 3.8) is 0 Å². The SMILES string of the molecule is COCCCc1cc(CNC2CC2)cc(OC)n1. The summed E-state index contributed by atoms with van der Waals surface area (Å²) in [5.41, 5.74) is 2.33. The molecule has 1 fully saturated rings. The van der Waals surface area contributed by atoms with Gasteiger partial charge in [-0.3, -0.25) is 0 Å². The summed E-state index contributed by atoms with van der Waals surface area (Å²) in [6.07, 6.45) is 4.54. The van der Waals surface area contributed by atoms with Gasteiger partial charge in [-0.25, -0.2) is 4.98 Å². The molecule has 100 valence electrons. The number of pyridine rings is 1. The van der Waals surface area contributed by atoms with Crippen molar-refractivity contribution in [1.82, 2.24) is 10.3 Å². The zero-order valence-electron chi connectivity index (χ0n) is 11.2. The molecule has 1 heterocycles. The summed E-state index contributed by atoms with van der Waals surface area (Å²) in [5.74, 6) is 0.706. The Bertz CT molecular complexity index is 378. The zero-order chi connectivity index (χ0) is 12.8. The third-order valence-electron chi connectivity index (χ3n) is 3.08. The average Bonchev–Trinajstić information content (AvgIpc) is 3.20. The number of hydrogen-bond donors (Lipinski definition) is 1. The smallest absolute Gasteiger partial charge is 0.213 e. The van der Waals surface area contributed by atoms with Crippen LogP contribution in [0.15, 0.2) is 12.1 Å². The normalized spacial score (nSPS) is 14.8. The van der Waals surface area contributed by atoms with Crippen LogP contribution in [0.25, 0.3) is 0 Å². The van der Waals surface area contributed by atoms with Crippen molar-refractivity contribution >= 4 is 0 Å². The highest BCUT2D eigenvalue weighted by molar-refractivity contribution is 5.25. The fourth-order valence-electron chi connectivity index (χ4n) is 1.90. The van der Waals surface area contributed by atoms with Crippen molar-refractivity contribution < 1.29 is 9.47 Å². The molecule has 1 aliphatic carbocycles. The second kappa shape index (κ2) is 6.71. The number of ether oxygens (including phenoxy) is 2. The first kappa shape index (κ1) is 13.3. The molecular formula is C14H22N2O2. The lowest BCUT2D eigenvalue weighted by molar-refractivity contribution is 0.195. The molecule has 0 aromatic carbocycles. The molecule has 1 aromatic rings. The van der Waals surface area contributed by atoms with Crippen molar-refractivity contribution in [1.29, 1.82) is 0 Å². The minimum Gasteiger partial charge on any atom is -0.481 e. The van der Waals surface area contributed by atoms with Crippen LogP contribution in [0.3, 0.4) is 0 Å². The van der Waals surface area contributed by atoms with E-state index in [9.17, 15) is 0 Å². The van der Waals surface area contributed by atoms with Crippen LogP contribution in [0.2, 0.25) is 0 Å². The zero-order valence-corrected chi connectivity index (χ0v) is 11.2. The lowest BCUT2D eigenvalue weighted by Gasteiger charge is -2.09. The van der Waals surface area contributed by atoms with Crippen molar-refractivity contribution in [2.75, 3.05) is 20.8 Å². The molecule has 18 heavy (non-hydrogen) atoms. The molecule has 1 aromatic heterocycles. The van der Waals surface area contributed by atoms with Crippen molar-refractivity contribution in [3.8, 4) is 5.88 Å². The van der Waals surface area contributed by atoms with Crippen LogP contribution >= 0.6 is 0 Å². The first-order valence-electron chi connectivity index (χ1n) is 6.58. The molecule has 0 unspecified atom stereocenters. The molecule has 2 rings (SSSR count). The third-order valence-corrected chi connectivity index (χ3v) is 3.08. The summed E-state index contributed by atoms with van der Waals surface area (Å²) in [6.45, 7) is 1.68. The Morgan fingerprint density at radius 3 is 2.83 bits per heavy atom. The van der Waals surface area contributed by atoms with E-state index in [-0.39, 0.29) is 0 Å². The van der Waals surface area contributed by atoms with E-state index in [0.29, 0.717) is 5.88 Å². The summed E-state index contributed by atoms with van der Waals surface area (Å²) in [4.78, 5) is 4.46. The topological polar surface area (TPSA) is 43.4 Å². The van der Waals surface area contributed by atoms with E-state index in [1.165, 1.54) is 18.4 Å². The summed E-state index contributed by atoms with van der Waals surface area (Å²) in [5, 5.41) is 3.51. The van der Waals surface area contributed by atoms with E-state index in [2.05, 4.69) is 16.4 Å². The Labute approximate surface area is 109 Å². The van der Waals surface area contributed by atoms with Gasteiger partial charge < -0.3 is 14.8 Å². The van der Waals surface area contributed by atoms with E-state index < -0.39 is 0 Å².